The van der Waals surface area contributed by atoms with Gasteiger partial charge < -0.3 is 0 Å². The Morgan fingerprint density at radius 1 is 0.750 bits per heavy atom. The SMILES string of the molecule is Clc1cccc(-c2nc3ccccc3c3nc4ccccc4n23)c1. The van der Waals surface area contributed by atoms with Crippen molar-refractivity contribution >= 4 is 39.2 Å². The summed E-state index contributed by atoms with van der Waals surface area (Å²) >= 11 is 6.20. The van der Waals surface area contributed by atoms with E-state index in [2.05, 4.69) is 16.5 Å². The van der Waals surface area contributed by atoms with E-state index in [1.54, 1.807) is 0 Å². The van der Waals surface area contributed by atoms with Gasteiger partial charge in [-0.2, -0.15) is 0 Å². The first-order chi connectivity index (χ1) is 11.8. The molecule has 0 aliphatic heterocycles. The maximum Gasteiger partial charge on any atom is 0.149 e. The second-order valence-corrected chi connectivity index (χ2v) is 6.16. The molecule has 114 valence electrons. The van der Waals surface area contributed by atoms with E-state index in [0.717, 1.165) is 39.0 Å². The molecule has 3 aromatic carbocycles. The first-order valence-electron chi connectivity index (χ1n) is 7.73. The van der Waals surface area contributed by atoms with Gasteiger partial charge in [-0.3, -0.25) is 4.40 Å². The number of para-hydroxylation sites is 3. The highest BCUT2D eigenvalue weighted by atomic mass is 35.5. The Bertz CT molecular complexity index is 1220. The molecule has 0 radical (unpaired) electrons. The average Bonchev–Trinajstić information content (AvgIpc) is 3.01. The van der Waals surface area contributed by atoms with Gasteiger partial charge in [0.2, 0.25) is 0 Å². The number of benzene rings is 3. The normalized spacial score (nSPS) is 11.5. The Kier molecular flexibility index (Phi) is 2.84. The lowest BCUT2D eigenvalue weighted by Gasteiger charge is -2.09. The molecule has 0 aliphatic rings. The van der Waals surface area contributed by atoms with Crippen LogP contribution in [-0.2, 0) is 0 Å². The van der Waals surface area contributed by atoms with Crippen LogP contribution in [0, 0.1) is 0 Å². The topological polar surface area (TPSA) is 30.2 Å². The first kappa shape index (κ1) is 13.5. The minimum Gasteiger partial charge on any atom is -0.276 e. The van der Waals surface area contributed by atoms with Gasteiger partial charge in [-0.1, -0.05) is 48.0 Å². The predicted molar refractivity (Wildman–Crippen MR) is 98.4 cm³/mol. The van der Waals surface area contributed by atoms with Crippen molar-refractivity contribution in [2.24, 2.45) is 0 Å². The lowest BCUT2D eigenvalue weighted by Crippen LogP contribution is -1.97. The molecule has 0 amide bonds. The predicted octanol–water partition coefficient (Wildman–Crippen LogP) is 5.36. The maximum atomic E-state index is 6.20. The Morgan fingerprint density at radius 2 is 1.54 bits per heavy atom. The van der Waals surface area contributed by atoms with Gasteiger partial charge in [-0.15, -0.1) is 0 Å². The van der Waals surface area contributed by atoms with Crippen LogP contribution in [0.4, 0.5) is 0 Å². The van der Waals surface area contributed by atoms with Crippen molar-refractivity contribution in [3.8, 4) is 11.4 Å². The van der Waals surface area contributed by atoms with Crippen molar-refractivity contribution in [2.45, 2.75) is 0 Å². The molecule has 0 unspecified atom stereocenters. The van der Waals surface area contributed by atoms with Crippen LogP contribution in [-0.4, -0.2) is 14.4 Å². The van der Waals surface area contributed by atoms with Gasteiger partial charge >= 0.3 is 0 Å². The van der Waals surface area contributed by atoms with Crippen LogP contribution in [0.5, 0.6) is 0 Å². The van der Waals surface area contributed by atoms with Gasteiger partial charge in [0, 0.05) is 16.0 Å². The van der Waals surface area contributed by atoms with E-state index in [1.165, 1.54) is 0 Å². The molecular formula is C20H12ClN3. The highest BCUT2D eigenvalue weighted by Crippen LogP contribution is 2.30. The van der Waals surface area contributed by atoms with Crippen molar-refractivity contribution < 1.29 is 0 Å². The highest BCUT2D eigenvalue weighted by molar-refractivity contribution is 6.30. The van der Waals surface area contributed by atoms with Crippen LogP contribution in [0.1, 0.15) is 0 Å². The molecule has 0 atom stereocenters. The van der Waals surface area contributed by atoms with Gasteiger partial charge in [0.1, 0.15) is 11.5 Å². The number of hydrogen-bond donors (Lipinski definition) is 0. The molecule has 0 saturated heterocycles. The van der Waals surface area contributed by atoms with Crippen molar-refractivity contribution in [3.05, 3.63) is 77.8 Å². The van der Waals surface area contributed by atoms with Crippen molar-refractivity contribution in [1.82, 2.24) is 14.4 Å². The van der Waals surface area contributed by atoms with Crippen LogP contribution in [0.25, 0.3) is 39.0 Å². The summed E-state index contributed by atoms with van der Waals surface area (Å²) in [6.07, 6.45) is 0. The van der Waals surface area contributed by atoms with E-state index in [4.69, 9.17) is 21.6 Å². The van der Waals surface area contributed by atoms with Gasteiger partial charge in [0.05, 0.1) is 16.6 Å². The van der Waals surface area contributed by atoms with E-state index in [-0.39, 0.29) is 0 Å². The number of hydrogen-bond acceptors (Lipinski definition) is 2. The number of nitrogens with zero attached hydrogens (tertiary/aromatic N) is 3. The number of halogens is 1. The summed E-state index contributed by atoms with van der Waals surface area (Å²) in [5, 5.41) is 1.74. The number of imidazole rings is 1. The number of fused-ring (bicyclic) bond motifs is 5. The zero-order valence-corrected chi connectivity index (χ0v) is 13.4. The van der Waals surface area contributed by atoms with Crippen LogP contribution < -0.4 is 0 Å². The summed E-state index contributed by atoms with van der Waals surface area (Å²) in [6, 6.07) is 24.0. The lowest BCUT2D eigenvalue weighted by atomic mass is 10.2. The van der Waals surface area contributed by atoms with E-state index >= 15 is 0 Å². The van der Waals surface area contributed by atoms with Crippen molar-refractivity contribution in [1.29, 1.82) is 0 Å². The molecule has 5 rings (SSSR count). The zero-order valence-electron chi connectivity index (χ0n) is 12.6. The molecule has 0 aliphatic carbocycles. The Labute approximate surface area is 143 Å². The molecule has 2 heterocycles. The molecule has 5 aromatic rings. The smallest absolute Gasteiger partial charge is 0.149 e. The molecule has 0 fully saturated rings. The molecule has 4 heteroatoms. The molecule has 0 saturated carbocycles. The van der Waals surface area contributed by atoms with E-state index in [1.807, 2.05) is 60.7 Å². The third kappa shape index (κ3) is 1.92. The molecule has 0 bridgehead atoms. The summed E-state index contributed by atoms with van der Waals surface area (Å²) < 4.78 is 2.11. The summed E-state index contributed by atoms with van der Waals surface area (Å²) in [7, 11) is 0. The summed E-state index contributed by atoms with van der Waals surface area (Å²) in [4.78, 5) is 9.74. The van der Waals surface area contributed by atoms with Crippen LogP contribution in [0.15, 0.2) is 72.8 Å². The van der Waals surface area contributed by atoms with E-state index < -0.39 is 0 Å². The first-order valence-corrected chi connectivity index (χ1v) is 8.11. The number of rotatable bonds is 1. The standard InChI is InChI=1S/C20H12ClN3/c21-14-7-5-6-13(12-14)19-22-16-9-2-1-8-15(16)20-23-17-10-3-4-11-18(17)24(19)20/h1-12H. The fraction of sp³-hybridized carbons (Fsp3) is 0. The van der Waals surface area contributed by atoms with Gasteiger partial charge in [-0.05, 0) is 36.4 Å². The zero-order chi connectivity index (χ0) is 16.1. The summed E-state index contributed by atoms with van der Waals surface area (Å²) in [5.41, 5.74) is 4.81. The largest absolute Gasteiger partial charge is 0.276 e. The maximum absolute atomic E-state index is 6.20. The van der Waals surface area contributed by atoms with Gasteiger partial charge in [-0.25, -0.2) is 9.97 Å². The Balaban J connectivity index is 2.04. The monoisotopic (exact) mass is 329 g/mol. The van der Waals surface area contributed by atoms with Crippen LogP contribution in [0.2, 0.25) is 5.02 Å². The molecular weight excluding hydrogens is 318 g/mol. The van der Waals surface area contributed by atoms with E-state index in [0.29, 0.717) is 5.02 Å². The fourth-order valence-corrected chi connectivity index (χ4v) is 3.36. The van der Waals surface area contributed by atoms with Crippen LogP contribution >= 0.6 is 11.6 Å². The van der Waals surface area contributed by atoms with Crippen molar-refractivity contribution in [2.75, 3.05) is 0 Å². The second-order valence-electron chi connectivity index (χ2n) is 5.72. The number of aromatic nitrogens is 3. The third-order valence-corrected chi connectivity index (χ3v) is 4.46. The highest BCUT2D eigenvalue weighted by Gasteiger charge is 2.14. The molecule has 0 N–H and O–H groups in total. The minimum absolute atomic E-state index is 0.694. The molecule has 24 heavy (non-hydrogen) atoms. The Hall–Kier alpha value is -2.91. The Morgan fingerprint density at radius 3 is 2.42 bits per heavy atom. The van der Waals surface area contributed by atoms with Crippen molar-refractivity contribution in [3.63, 3.8) is 0 Å². The molecule has 0 spiro atoms. The van der Waals surface area contributed by atoms with E-state index in [9.17, 15) is 0 Å². The summed E-state index contributed by atoms with van der Waals surface area (Å²) in [6.45, 7) is 0. The molecule has 3 nitrogen and oxygen atoms in total. The summed E-state index contributed by atoms with van der Waals surface area (Å²) in [5.74, 6) is 0.847. The molecule has 2 aromatic heterocycles. The van der Waals surface area contributed by atoms with Gasteiger partial charge in [0.25, 0.3) is 0 Å². The van der Waals surface area contributed by atoms with Gasteiger partial charge in [0.15, 0.2) is 0 Å². The van der Waals surface area contributed by atoms with Crippen LogP contribution in [0.3, 0.4) is 0 Å². The second kappa shape index (κ2) is 5.05. The average molecular weight is 330 g/mol. The quantitative estimate of drug-likeness (QED) is 0.414. The minimum atomic E-state index is 0.694. The lowest BCUT2D eigenvalue weighted by molar-refractivity contribution is 1.16. The third-order valence-electron chi connectivity index (χ3n) is 4.23. The fourth-order valence-electron chi connectivity index (χ4n) is 3.17.